The van der Waals surface area contributed by atoms with Crippen molar-refractivity contribution < 1.29 is 23.6 Å². The molecule has 0 aliphatic carbocycles. The Kier molecular flexibility index (Phi) is 5.60. The zero-order valence-electron chi connectivity index (χ0n) is 17.0. The number of carbonyl (C=O) groups excluding carboxylic acids is 1. The Hall–Kier alpha value is -3.68. The first-order chi connectivity index (χ1) is 14.1. The molecule has 3 aromatic rings. The van der Waals surface area contributed by atoms with Gasteiger partial charge >= 0.3 is 11.6 Å². The molecular weight excluding hydrogens is 390 g/mol. The average molecular weight is 411 g/mol. The van der Waals surface area contributed by atoms with Gasteiger partial charge in [0, 0.05) is 29.0 Å². The quantitative estimate of drug-likeness (QED) is 0.255. The van der Waals surface area contributed by atoms with Gasteiger partial charge in [-0.25, -0.2) is 9.59 Å². The number of carbonyl (C=O) groups is 1. The third-order valence-corrected chi connectivity index (χ3v) is 5.14. The summed E-state index contributed by atoms with van der Waals surface area (Å²) in [5, 5.41) is 11.9. The van der Waals surface area contributed by atoms with Gasteiger partial charge in [-0.3, -0.25) is 10.1 Å². The number of nitro benzene ring substituents is 1. The maximum atomic E-state index is 12.1. The summed E-state index contributed by atoms with van der Waals surface area (Å²) in [6, 6.07) is 12.8. The van der Waals surface area contributed by atoms with Crippen molar-refractivity contribution >= 4 is 22.6 Å². The van der Waals surface area contributed by atoms with E-state index in [4.69, 9.17) is 9.15 Å². The standard InChI is InChI=1S/C22H21NO7/c1-13(16-7-5-6-8-18(16)23(26)27)22(2,3)30-15-10-9-14-11-17(20(24)28-4)21(25)29-19(14)12-15/h5-13H,1-4H3. The normalized spacial score (nSPS) is 12.4. The van der Waals surface area contributed by atoms with E-state index >= 15 is 0 Å². The molecule has 0 aliphatic rings. The van der Waals surface area contributed by atoms with E-state index in [1.54, 1.807) is 36.4 Å². The Morgan fingerprint density at radius 3 is 2.53 bits per heavy atom. The van der Waals surface area contributed by atoms with Crippen molar-refractivity contribution in [2.75, 3.05) is 7.11 Å². The van der Waals surface area contributed by atoms with Crippen LogP contribution in [0.5, 0.6) is 5.75 Å². The summed E-state index contributed by atoms with van der Waals surface area (Å²) in [6.07, 6.45) is 0. The van der Waals surface area contributed by atoms with Gasteiger partial charge in [-0.1, -0.05) is 25.1 Å². The molecule has 8 heteroatoms. The number of esters is 1. The van der Waals surface area contributed by atoms with Gasteiger partial charge in [-0.15, -0.1) is 0 Å². The molecule has 0 saturated carbocycles. The Morgan fingerprint density at radius 2 is 1.87 bits per heavy atom. The van der Waals surface area contributed by atoms with Gasteiger partial charge in [0.05, 0.1) is 12.0 Å². The van der Waals surface area contributed by atoms with Crippen LogP contribution in [-0.4, -0.2) is 23.6 Å². The van der Waals surface area contributed by atoms with E-state index in [0.717, 1.165) is 0 Å². The predicted molar refractivity (Wildman–Crippen MR) is 110 cm³/mol. The van der Waals surface area contributed by atoms with E-state index in [9.17, 15) is 19.7 Å². The third kappa shape index (κ3) is 4.03. The molecule has 3 rings (SSSR count). The number of hydrogen-bond donors (Lipinski definition) is 0. The number of rotatable bonds is 6. The van der Waals surface area contributed by atoms with E-state index in [2.05, 4.69) is 4.74 Å². The monoisotopic (exact) mass is 411 g/mol. The Morgan fingerprint density at radius 1 is 1.17 bits per heavy atom. The molecule has 0 saturated heterocycles. The summed E-state index contributed by atoms with van der Waals surface area (Å²) >= 11 is 0. The second-order valence-electron chi connectivity index (χ2n) is 7.38. The summed E-state index contributed by atoms with van der Waals surface area (Å²) in [6.45, 7) is 5.51. The number of methoxy groups -OCH3 is 1. The Balaban J connectivity index is 1.94. The van der Waals surface area contributed by atoms with Crippen LogP contribution in [0, 0.1) is 10.1 Å². The third-order valence-electron chi connectivity index (χ3n) is 5.14. The molecule has 0 spiro atoms. The molecule has 0 radical (unpaired) electrons. The molecule has 1 heterocycles. The summed E-state index contributed by atoms with van der Waals surface area (Å²) in [4.78, 5) is 34.7. The average Bonchev–Trinajstić information content (AvgIpc) is 2.71. The van der Waals surface area contributed by atoms with Gasteiger partial charge < -0.3 is 13.9 Å². The maximum absolute atomic E-state index is 12.1. The summed E-state index contributed by atoms with van der Waals surface area (Å²) in [7, 11) is 1.18. The molecule has 0 amide bonds. The smallest absolute Gasteiger partial charge is 0.351 e. The lowest BCUT2D eigenvalue weighted by molar-refractivity contribution is -0.385. The van der Waals surface area contributed by atoms with Crippen molar-refractivity contribution in [1.29, 1.82) is 0 Å². The van der Waals surface area contributed by atoms with Crippen LogP contribution in [0.2, 0.25) is 0 Å². The molecule has 2 aromatic carbocycles. The highest BCUT2D eigenvalue weighted by atomic mass is 16.6. The summed E-state index contributed by atoms with van der Waals surface area (Å²) in [5.41, 5.74) is -0.974. The molecule has 1 atom stereocenters. The van der Waals surface area contributed by atoms with Crippen LogP contribution in [0.25, 0.3) is 11.0 Å². The SMILES string of the molecule is COC(=O)c1cc2ccc(OC(C)(C)C(C)c3ccccc3[N+](=O)[O-])cc2oc1=O. The lowest BCUT2D eigenvalue weighted by Crippen LogP contribution is -2.34. The van der Waals surface area contributed by atoms with Crippen LogP contribution in [-0.2, 0) is 4.74 Å². The van der Waals surface area contributed by atoms with Crippen molar-refractivity contribution in [3.63, 3.8) is 0 Å². The fourth-order valence-corrected chi connectivity index (χ4v) is 3.19. The lowest BCUT2D eigenvalue weighted by atomic mass is 9.85. The zero-order valence-corrected chi connectivity index (χ0v) is 17.0. The summed E-state index contributed by atoms with van der Waals surface area (Å²) in [5.74, 6) is -0.666. The highest BCUT2D eigenvalue weighted by Gasteiger charge is 2.33. The van der Waals surface area contributed by atoms with Crippen molar-refractivity contribution in [3.05, 3.63) is 80.2 Å². The molecule has 1 unspecified atom stereocenters. The molecule has 156 valence electrons. The van der Waals surface area contributed by atoms with Gasteiger partial charge in [0.25, 0.3) is 5.69 Å². The van der Waals surface area contributed by atoms with Crippen LogP contribution < -0.4 is 10.4 Å². The molecule has 0 N–H and O–H groups in total. The van der Waals surface area contributed by atoms with E-state index in [-0.39, 0.29) is 22.8 Å². The number of fused-ring (bicyclic) bond motifs is 1. The van der Waals surface area contributed by atoms with E-state index in [1.165, 1.54) is 19.2 Å². The first-order valence-corrected chi connectivity index (χ1v) is 9.22. The fraction of sp³-hybridized carbons (Fsp3) is 0.273. The molecule has 0 fully saturated rings. The van der Waals surface area contributed by atoms with Gasteiger partial charge in [-0.2, -0.15) is 0 Å². The minimum absolute atomic E-state index is 0.0292. The second-order valence-corrected chi connectivity index (χ2v) is 7.38. The molecule has 0 bridgehead atoms. The van der Waals surface area contributed by atoms with Gasteiger partial charge in [0.1, 0.15) is 22.5 Å². The number of nitrogens with zero attached hydrogens (tertiary/aromatic N) is 1. The van der Waals surface area contributed by atoms with Crippen molar-refractivity contribution in [1.82, 2.24) is 0 Å². The first kappa shape index (κ1) is 21.0. The van der Waals surface area contributed by atoms with Crippen LogP contribution >= 0.6 is 0 Å². The summed E-state index contributed by atoms with van der Waals surface area (Å²) < 4.78 is 15.9. The Labute approximate surface area is 172 Å². The van der Waals surface area contributed by atoms with Crippen molar-refractivity contribution in [3.8, 4) is 5.75 Å². The molecule has 0 aliphatic heterocycles. The number of nitro groups is 1. The van der Waals surface area contributed by atoms with Crippen molar-refractivity contribution in [2.45, 2.75) is 32.3 Å². The highest BCUT2D eigenvalue weighted by molar-refractivity contribution is 5.92. The zero-order chi connectivity index (χ0) is 22.1. The van der Waals surface area contributed by atoms with Gasteiger partial charge in [-0.05, 0) is 32.0 Å². The van der Waals surface area contributed by atoms with Crippen molar-refractivity contribution in [2.24, 2.45) is 0 Å². The number of hydrogen-bond acceptors (Lipinski definition) is 7. The number of para-hydroxylation sites is 1. The van der Waals surface area contributed by atoms with Crippen LogP contribution in [0.1, 0.15) is 42.6 Å². The van der Waals surface area contributed by atoms with E-state index in [0.29, 0.717) is 16.7 Å². The topological polar surface area (TPSA) is 109 Å². The molecule has 30 heavy (non-hydrogen) atoms. The first-order valence-electron chi connectivity index (χ1n) is 9.22. The van der Waals surface area contributed by atoms with E-state index < -0.39 is 22.1 Å². The largest absolute Gasteiger partial charge is 0.487 e. The van der Waals surface area contributed by atoms with Gasteiger partial charge in [0.2, 0.25) is 0 Å². The van der Waals surface area contributed by atoms with E-state index in [1.807, 2.05) is 20.8 Å². The highest BCUT2D eigenvalue weighted by Crippen LogP contribution is 2.37. The minimum Gasteiger partial charge on any atom is -0.487 e. The fourth-order valence-electron chi connectivity index (χ4n) is 3.19. The van der Waals surface area contributed by atoms with Gasteiger partial charge in [0.15, 0.2) is 0 Å². The Bertz CT molecular complexity index is 1180. The lowest BCUT2D eigenvalue weighted by Gasteiger charge is -2.33. The second kappa shape index (κ2) is 7.98. The van der Waals surface area contributed by atoms with Crippen LogP contribution in [0.15, 0.2) is 57.7 Å². The predicted octanol–water partition coefficient (Wildman–Crippen LogP) is 4.45. The number of ether oxygens (including phenoxy) is 2. The number of benzene rings is 2. The minimum atomic E-state index is -0.813. The van der Waals surface area contributed by atoms with Crippen LogP contribution in [0.4, 0.5) is 5.69 Å². The van der Waals surface area contributed by atoms with Crippen LogP contribution in [0.3, 0.4) is 0 Å². The molecular formula is C22H21NO7. The maximum Gasteiger partial charge on any atom is 0.351 e. The molecule has 1 aromatic heterocycles. The molecule has 8 nitrogen and oxygen atoms in total.